The molecular weight excluding hydrogens is 456 g/mol. The van der Waals surface area contributed by atoms with Gasteiger partial charge in [-0.15, -0.1) is 10.2 Å². The molecule has 1 aromatic heterocycles. The summed E-state index contributed by atoms with van der Waals surface area (Å²) >= 11 is 7.17. The Morgan fingerprint density at radius 3 is 2.61 bits per heavy atom. The molecule has 0 aliphatic carbocycles. The highest BCUT2D eigenvalue weighted by Crippen LogP contribution is 2.28. The second kappa shape index (κ2) is 9.44. The Balaban J connectivity index is 1.39. The number of nitrogens with zero attached hydrogens (tertiary/aromatic N) is 3. The maximum Gasteiger partial charge on any atom is 0.230 e. The van der Waals surface area contributed by atoms with Crippen molar-refractivity contribution in [2.45, 2.75) is 18.6 Å². The number of halogens is 1. The van der Waals surface area contributed by atoms with Gasteiger partial charge in [-0.2, -0.15) is 0 Å². The number of rotatable bonds is 6. The lowest BCUT2D eigenvalue weighted by Crippen LogP contribution is -2.44. The molecule has 0 saturated carbocycles. The number of hydrogen-bond donors (Lipinski definition) is 1. The minimum absolute atomic E-state index is 0.116. The van der Waals surface area contributed by atoms with Gasteiger partial charge in [-0.3, -0.25) is 4.79 Å². The largest absolute Gasteiger partial charge is 0.300 e. The van der Waals surface area contributed by atoms with E-state index in [1.165, 1.54) is 15.6 Å². The molecule has 1 N–H and O–H groups in total. The molecule has 4 rings (SSSR count). The SMILES string of the molecule is O=C(Nc1nnc(-c2ccccc2)s1)[C@H]1CCCN(S(=O)(=O)Cc2ccc(Cl)cc2)C1. The average Bonchev–Trinajstić information content (AvgIpc) is 3.24. The third-order valence-corrected chi connectivity index (χ3v) is 8.04. The fourth-order valence-electron chi connectivity index (χ4n) is 3.47. The summed E-state index contributed by atoms with van der Waals surface area (Å²) in [5, 5.41) is 12.7. The molecule has 0 unspecified atom stereocenters. The van der Waals surface area contributed by atoms with E-state index in [-0.39, 0.29) is 18.2 Å². The standard InChI is InChI=1S/C21H21ClN4O3S2/c22-18-10-8-15(9-11-18)14-31(28,29)26-12-4-7-17(13-26)19(27)23-21-25-24-20(30-21)16-5-2-1-3-6-16/h1-3,5-6,8-11,17H,4,7,12-14H2,(H,23,25,27)/t17-/m0/s1. The maximum absolute atomic E-state index is 12.9. The fourth-order valence-corrected chi connectivity index (χ4v) is 5.96. The van der Waals surface area contributed by atoms with E-state index >= 15 is 0 Å². The molecule has 162 valence electrons. The van der Waals surface area contributed by atoms with Gasteiger partial charge in [0.15, 0.2) is 0 Å². The van der Waals surface area contributed by atoms with Crippen molar-refractivity contribution in [3.8, 4) is 10.6 Å². The quantitative estimate of drug-likeness (QED) is 0.579. The van der Waals surface area contributed by atoms with Crippen molar-refractivity contribution in [2.24, 2.45) is 5.92 Å². The zero-order valence-corrected chi connectivity index (χ0v) is 19.0. The van der Waals surface area contributed by atoms with E-state index in [1.54, 1.807) is 24.3 Å². The molecule has 1 aliphatic heterocycles. The molecule has 0 spiro atoms. The molecule has 3 aromatic rings. The lowest BCUT2D eigenvalue weighted by molar-refractivity contribution is -0.120. The number of nitrogens with one attached hydrogen (secondary N) is 1. The van der Waals surface area contributed by atoms with E-state index in [0.717, 1.165) is 5.56 Å². The fraction of sp³-hybridized carbons (Fsp3) is 0.286. The Morgan fingerprint density at radius 1 is 1.13 bits per heavy atom. The zero-order valence-electron chi connectivity index (χ0n) is 16.6. The Hall–Kier alpha value is -2.33. The minimum atomic E-state index is -3.54. The summed E-state index contributed by atoms with van der Waals surface area (Å²) in [4.78, 5) is 12.8. The van der Waals surface area contributed by atoms with Crippen LogP contribution in [0.1, 0.15) is 18.4 Å². The van der Waals surface area contributed by atoms with Gasteiger partial charge in [-0.05, 0) is 30.5 Å². The molecule has 1 saturated heterocycles. The second-order valence-corrected chi connectivity index (χ2v) is 10.7. The highest BCUT2D eigenvalue weighted by molar-refractivity contribution is 7.88. The third kappa shape index (κ3) is 5.48. The summed E-state index contributed by atoms with van der Waals surface area (Å²) in [6.07, 6.45) is 1.26. The third-order valence-electron chi connectivity index (χ3n) is 5.09. The van der Waals surface area contributed by atoms with E-state index in [4.69, 9.17) is 11.6 Å². The maximum atomic E-state index is 12.9. The van der Waals surface area contributed by atoms with Gasteiger partial charge >= 0.3 is 0 Å². The van der Waals surface area contributed by atoms with Crippen molar-refractivity contribution >= 4 is 44.0 Å². The molecule has 1 aliphatic rings. The van der Waals surface area contributed by atoms with E-state index in [9.17, 15) is 13.2 Å². The van der Waals surface area contributed by atoms with Crippen molar-refractivity contribution in [3.05, 3.63) is 65.2 Å². The number of anilines is 1. The van der Waals surface area contributed by atoms with Gasteiger partial charge in [0.05, 0.1) is 11.7 Å². The summed E-state index contributed by atoms with van der Waals surface area (Å²) in [5.41, 5.74) is 1.59. The van der Waals surface area contributed by atoms with Crippen LogP contribution in [0.2, 0.25) is 5.02 Å². The van der Waals surface area contributed by atoms with Crippen molar-refractivity contribution < 1.29 is 13.2 Å². The molecular formula is C21H21ClN4O3S2. The van der Waals surface area contributed by atoms with Crippen LogP contribution >= 0.6 is 22.9 Å². The highest BCUT2D eigenvalue weighted by Gasteiger charge is 2.32. The van der Waals surface area contributed by atoms with Crippen LogP contribution in [-0.2, 0) is 20.6 Å². The topological polar surface area (TPSA) is 92.3 Å². The molecule has 0 bridgehead atoms. The van der Waals surface area contributed by atoms with E-state index in [0.29, 0.717) is 40.1 Å². The molecule has 1 atom stereocenters. The van der Waals surface area contributed by atoms with Crippen LogP contribution in [0.25, 0.3) is 10.6 Å². The van der Waals surface area contributed by atoms with Gasteiger partial charge in [0.2, 0.25) is 21.1 Å². The minimum Gasteiger partial charge on any atom is -0.300 e. The van der Waals surface area contributed by atoms with Gasteiger partial charge in [0.25, 0.3) is 0 Å². The Morgan fingerprint density at radius 2 is 1.87 bits per heavy atom. The van der Waals surface area contributed by atoms with E-state index in [2.05, 4.69) is 15.5 Å². The smallest absolute Gasteiger partial charge is 0.230 e. The van der Waals surface area contributed by atoms with Crippen LogP contribution in [-0.4, -0.2) is 41.9 Å². The number of carbonyl (C=O) groups is 1. The van der Waals surface area contributed by atoms with Crippen molar-refractivity contribution in [3.63, 3.8) is 0 Å². The monoisotopic (exact) mass is 476 g/mol. The number of piperidine rings is 1. The van der Waals surface area contributed by atoms with Crippen LogP contribution in [0.4, 0.5) is 5.13 Å². The summed E-state index contributed by atoms with van der Waals surface area (Å²) in [5.74, 6) is -0.782. The number of sulfonamides is 1. The number of amides is 1. The first-order chi connectivity index (χ1) is 14.9. The van der Waals surface area contributed by atoms with Crippen LogP contribution in [0.3, 0.4) is 0 Å². The number of aromatic nitrogens is 2. The Kier molecular flexibility index (Phi) is 6.66. The first-order valence-corrected chi connectivity index (χ1v) is 12.6. The lowest BCUT2D eigenvalue weighted by atomic mass is 9.99. The number of carbonyl (C=O) groups excluding carboxylic acids is 1. The van der Waals surface area contributed by atoms with Gasteiger partial charge < -0.3 is 5.32 Å². The first kappa shape index (κ1) is 21.9. The van der Waals surface area contributed by atoms with Gasteiger partial charge in [-0.1, -0.05) is 65.4 Å². The van der Waals surface area contributed by atoms with Gasteiger partial charge in [0, 0.05) is 23.7 Å². The molecule has 31 heavy (non-hydrogen) atoms. The predicted octanol–water partition coefficient (Wildman–Crippen LogP) is 4.04. The molecule has 2 aromatic carbocycles. The van der Waals surface area contributed by atoms with Gasteiger partial charge in [0.1, 0.15) is 5.01 Å². The van der Waals surface area contributed by atoms with E-state index < -0.39 is 15.9 Å². The van der Waals surface area contributed by atoms with Crippen molar-refractivity contribution in [1.29, 1.82) is 0 Å². The normalized spacial score (nSPS) is 17.4. The average molecular weight is 477 g/mol. The summed E-state index contributed by atoms with van der Waals surface area (Å²) in [7, 11) is -3.54. The summed E-state index contributed by atoms with van der Waals surface area (Å²) in [6, 6.07) is 16.3. The molecule has 2 heterocycles. The molecule has 10 heteroatoms. The van der Waals surface area contributed by atoms with Crippen molar-refractivity contribution in [2.75, 3.05) is 18.4 Å². The summed E-state index contributed by atoms with van der Waals surface area (Å²) in [6.45, 7) is 0.572. The predicted molar refractivity (Wildman–Crippen MR) is 122 cm³/mol. The van der Waals surface area contributed by atoms with Crippen LogP contribution in [0, 0.1) is 5.92 Å². The first-order valence-electron chi connectivity index (χ1n) is 9.83. The zero-order chi connectivity index (χ0) is 21.8. The highest BCUT2D eigenvalue weighted by atomic mass is 35.5. The Bertz CT molecular complexity index is 1150. The lowest BCUT2D eigenvalue weighted by Gasteiger charge is -2.31. The number of benzene rings is 2. The molecule has 1 amide bonds. The second-order valence-electron chi connectivity index (χ2n) is 7.35. The summed E-state index contributed by atoms with van der Waals surface area (Å²) < 4.78 is 27.1. The van der Waals surface area contributed by atoms with Gasteiger partial charge in [-0.25, -0.2) is 12.7 Å². The molecule has 7 nitrogen and oxygen atoms in total. The Labute approximate surface area is 190 Å². The van der Waals surface area contributed by atoms with Crippen LogP contribution in [0.15, 0.2) is 54.6 Å². The molecule has 0 radical (unpaired) electrons. The van der Waals surface area contributed by atoms with Crippen LogP contribution < -0.4 is 5.32 Å². The number of hydrogen-bond acceptors (Lipinski definition) is 6. The van der Waals surface area contributed by atoms with Crippen molar-refractivity contribution in [1.82, 2.24) is 14.5 Å². The van der Waals surface area contributed by atoms with Crippen LogP contribution in [0.5, 0.6) is 0 Å². The van der Waals surface area contributed by atoms with E-state index in [1.807, 2.05) is 30.3 Å². The molecule has 1 fully saturated rings.